The van der Waals surface area contributed by atoms with Crippen LogP contribution in [0.5, 0.6) is 0 Å². The first-order valence-corrected chi connectivity index (χ1v) is 5.70. The molecule has 4 heteroatoms. The standard InChI is InChI=1S/C14H17N2O.ClH/c1-2-14(13-6-4-3-5-7-13)16-9-8-15(12-16)10-11-17;/h2-9,12,14,17H,1,10-11H2;1H/q+1;/p-1. The highest BCUT2D eigenvalue weighted by atomic mass is 35.5. The largest absolute Gasteiger partial charge is 1.00 e. The van der Waals surface area contributed by atoms with E-state index in [4.69, 9.17) is 5.11 Å². The highest BCUT2D eigenvalue weighted by Gasteiger charge is 2.14. The molecule has 0 bridgehead atoms. The average Bonchev–Trinajstić information content (AvgIpc) is 2.81. The van der Waals surface area contributed by atoms with Gasteiger partial charge in [-0.15, -0.1) is 0 Å². The monoisotopic (exact) mass is 264 g/mol. The molecule has 0 radical (unpaired) electrons. The lowest BCUT2D eigenvalue weighted by Crippen LogP contribution is -3.00. The van der Waals surface area contributed by atoms with E-state index in [0.717, 1.165) is 0 Å². The third-order valence-corrected chi connectivity index (χ3v) is 2.76. The van der Waals surface area contributed by atoms with Crippen molar-refractivity contribution in [2.45, 2.75) is 12.6 Å². The van der Waals surface area contributed by atoms with Crippen LogP contribution in [0.1, 0.15) is 11.6 Å². The van der Waals surface area contributed by atoms with Crippen molar-refractivity contribution in [2.24, 2.45) is 0 Å². The molecular formula is C14H17ClN2O. The van der Waals surface area contributed by atoms with Crippen LogP contribution < -0.4 is 17.0 Å². The van der Waals surface area contributed by atoms with E-state index >= 15 is 0 Å². The maximum absolute atomic E-state index is 8.89. The zero-order valence-electron chi connectivity index (χ0n) is 10.1. The fourth-order valence-electron chi connectivity index (χ4n) is 1.90. The van der Waals surface area contributed by atoms with Gasteiger partial charge in [0, 0.05) is 5.56 Å². The van der Waals surface area contributed by atoms with E-state index < -0.39 is 0 Å². The predicted octanol–water partition coefficient (Wildman–Crippen LogP) is -1.45. The summed E-state index contributed by atoms with van der Waals surface area (Å²) in [5, 5.41) is 8.89. The van der Waals surface area contributed by atoms with Gasteiger partial charge >= 0.3 is 0 Å². The number of halogens is 1. The quantitative estimate of drug-likeness (QED) is 0.520. The smallest absolute Gasteiger partial charge is 0.244 e. The Labute approximate surface area is 113 Å². The normalized spacial score (nSPS) is 11.6. The van der Waals surface area contributed by atoms with Gasteiger partial charge in [-0.2, -0.15) is 0 Å². The average molecular weight is 265 g/mol. The van der Waals surface area contributed by atoms with Gasteiger partial charge in [-0.05, 0) is 6.08 Å². The number of imidazole rings is 1. The van der Waals surface area contributed by atoms with Crippen molar-refractivity contribution >= 4 is 0 Å². The molecule has 1 N–H and O–H groups in total. The summed E-state index contributed by atoms with van der Waals surface area (Å²) in [7, 11) is 0. The second kappa shape index (κ2) is 6.99. The molecule has 1 unspecified atom stereocenters. The van der Waals surface area contributed by atoms with E-state index in [9.17, 15) is 0 Å². The van der Waals surface area contributed by atoms with Gasteiger partial charge in [-0.3, -0.25) is 0 Å². The highest BCUT2D eigenvalue weighted by molar-refractivity contribution is 5.23. The molecule has 18 heavy (non-hydrogen) atoms. The van der Waals surface area contributed by atoms with Crippen molar-refractivity contribution in [3.8, 4) is 0 Å². The molecule has 0 aliphatic heterocycles. The lowest BCUT2D eigenvalue weighted by molar-refractivity contribution is -0.697. The maximum atomic E-state index is 8.89. The summed E-state index contributed by atoms with van der Waals surface area (Å²) in [6, 6.07) is 10.4. The highest BCUT2D eigenvalue weighted by Crippen LogP contribution is 2.17. The molecule has 1 aromatic heterocycles. The summed E-state index contributed by atoms with van der Waals surface area (Å²) in [5.74, 6) is 0. The second-order valence-electron chi connectivity index (χ2n) is 3.91. The third-order valence-electron chi connectivity index (χ3n) is 2.76. The molecule has 0 aliphatic carbocycles. The Balaban J connectivity index is 0.00000162. The molecule has 3 nitrogen and oxygen atoms in total. The number of benzene rings is 1. The molecule has 96 valence electrons. The molecule has 2 aromatic rings. The second-order valence-corrected chi connectivity index (χ2v) is 3.91. The molecule has 1 atom stereocenters. The summed E-state index contributed by atoms with van der Waals surface area (Å²) in [6.45, 7) is 4.66. The number of nitrogens with zero attached hydrogens (tertiary/aromatic N) is 2. The number of aromatic nitrogens is 2. The van der Waals surface area contributed by atoms with Gasteiger partial charge in [0.2, 0.25) is 6.33 Å². The minimum atomic E-state index is 0. The molecule has 0 fully saturated rings. The van der Waals surface area contributed by atoms with Crippen LogP contribution in [-0.4, -0.2) is 16.3 Å². The number of allylic oxidation sites excluding steroid dienone is 1. The first-order valence-electron chi connectivity index (χ1n) is 5.70. The fraction of sp³-hybridized carbons (Fsp3) is 0.214. The van der Waals surface area contributed by atoms with Crippen LogP contribution in [0, 0.1) is 0 Å². The minimum Gasteiger partial charge on any atom is -1.00 e. The Bertz CT molecular complexity index is 482. The minimum absolute atomic E-state index is 0. The summed E-state index contributed by atoms with van der Waals surface area (Å²) >= 11 is 0. The maximum Gasteiger partial charge on any atom is 0.244 e. The van der Waals surface area contributed by atoms with E-state index in [1.54, 1.807) is 0 Å². The van der Waals surface area contributed by atoms with Gasteiger partial charge < -0.3 is 17.5 Å². The number of rotatable bonds is 5. The predicted molar refractivity (Wildman–Crippen MR) is 66.5 cm³/mol. The van der Waals surface area contributed by atoms with Gasteiger partial charge in [0.1, 0.15) is 25.0 Å². The lowest BCUT2D eigenvalue weighted by Gasteiger charge is -2.08. The number of hydrogen-bond acceptors (Lipinski definition) is 1. The first kappa shape index (κ1) is 14.5. The summed E-state index contributed by atoms with van der Waals surface area (Å²) < 4.78 is 4.04. The van der Waals surface area contributed by atoms with Crippen molar-refractivity contribution in [2.75, 3.05) is 6.61 Å². The summed E-state index contributed by atoms with van der Waals surface area (Å²) in [6.07, 6.45) is 7.85. The summed E-state index contributed by atoms with van der Waals surface area (Å²) in [4.78, 5) is 0. The molecule has 1 aromatic carbocycles. The molecule has 0 saturated heterocycles. The Morgan fingerprint density at radius 1 is 1.33 bits per heavy atom. The van der Waals surface area contributed by atoms with Gasteiger partial charge in [-0.25, -0.2) is 9.13 Å². The number of aliphatic hydroxyl groups excluding tert-OH is 1. The zero-order chi connectivity index (χ0) is 12.1. The Kier molecular flexibility index (Phi) is 5.62. The van der Waals surface area contributed by atoms with Crippen LogP contribution in [0.2, 0.25) is 0 Å². The van der Waals surface area contributed by atoms with E-state index in [1.807, 2.05) is 47.6 Å². The molecule has 2 rings (SSSR count). The van der Waals surface area contributed by atoms with Crippen molar-refractivity contribution < 1.29 is 22.1 Å². The van der Waals surface area contributed by atoms with Gasteiger partial charge in [0.15, 0.2) is 0 Å². The zero-order valence-corrected chi connectivity index (χ0v) is 10.9. The Hall–Kier alpha value is -1.58. The van der Waals surface area contributed by atoms with Crippen LogP contribution in [0.4, 0.5) is 0 Å². The molecule has 0 amide bonds. The van der Waals surface area contributed by atoms with E-state index in [1.165, 1.54) is 5.56 Å². The van der Waals surface area contributed by atoms with Crippen molar-refractivity contribution in [1.29, 1.82) is 0 Å². The van der Waals surface area contributed by atoms with Crippen LogP contribution >= 0.6 is 0 Å². The molecule has 0 spiro atoms. The van der Waals surface area contributed by atoms with Gasteiger partial charge in [0.05, 0.1) is 6.61 Å². The van der Waals surface area contributed by atoms with Crippen LogP contribution in [0.25, 0.3) is 0 Å². The van der Waals surface area contributed by atoms with Crippen LogP contribution in [0.15, 0.2) is 61.7 Å². The van der Waals surface area contributed by atoms with Crippen molar-refractivity contribution in [3.63, 3.8) is 0 Å². The fourth-order valence-corrected chi connectivity index (χ4v) is 1.90. The molecule has 1 heterocycles. The lowest BCUT2D eigenvalue weighted by atomic mass is 10.1. The first-order chi connectivity index (χ1) is 8.35. The van der Waals surface area contributed by atoms with Crippen molar-refractivity contribution in [1.82, 2.24) is 4.57 Å². The SMILES string of the molecule is C=CC(c1ccccc1)n1cc[n+](CCO)c1.[Cl-]. The third kappa shape index (κ3) is 3.22. The van der Waals surface area contributed by atoms with E-state index in [0.29, 0.717) is 6.54 Å². The molecule has 0 aliphatic rings. The Morgan fingerprint density at radius 3 is 2.67 bits per heavy atom. The number of aliphatic hydroxyl groups is 1. The molecule has 0 saturated carbocycles. The van der Waals surface area contributed by atoms with Crippen molar-refractivity contribution in [3.05, 3.63) is 67.3 Å². The van der Waals surface area contributed by atoms with E-state index in [2.05, 4.69) is 23.3 Å². The number of hydrogen-bond donors (Lipinski definition) is 1. The topological polar surface area (TPSA) is 29.0 Å². The molecular weight excluding hydrogens is 248 g/mol. The van der Waals surface area contributed by atoms with Gasteiger partial charge in [-0.1, -0.05) is 36.9 Å². The van der Waals surface area contributed by atoms with Gasteiger partial charge in [0.25, 0.3) is 0 Å². The van der Waals surface area contributed by atoms with Crippen LogP contribution in [0.3, 0.4) is 0 Å². The summed E-state index contributed by atoms with van der Waals surface area (Å²) in [5.41, 5.74) is 1.20. The van der Waals surface area contributed by atoms with Crippen LogP contribution in [-0.2, 0) is 6.54 Å². The van der Waals surface area contributed by atoms with E-state index in [-0.39, 0.29) is 25.1 Å². The Morgan fingerprint density at radius 2 is 2.06 bits per heavy atom.